The number of carboxylic acids is 1. The highest BCUT2D eigenvalue weighted by atomic mass is 16.4. The third kappa shape index (κ3) is 1.12. The average molecular weight is 172 g/mol. The molecule has 70 valence electrons. The fourth-order valence-electron chi connectivity index (χ4n) is 1.92. The molecule has 0 bridgehead atoms. The summed E-state index contributed by atoms with van der Waals surface area (Å²) in [6.07, 6.45) is 1.16. The minimum absolute atomic E-state index is 0.410. The van der Waals surface area contributed by atoms with E-state index >= 15 is 0 Å². The summed E-state index contributed by atoms with van der Waals surface area (Å²) in [5.74, 6) is -1.20. The van der Waals surface area contributed by atoms with Gasteiger partial charge in [-0.05, 0) is 19.8 Å². The van der Waals surface area contributed by atoms with E-state index in [4.69, 9.17) is 5.11 Å². The Bertz CT molecular complexity index is 206. The van der Waals surface area contributed by atoms with E-state index in [0.29, 0.717) is 12.8 Å². The molecule has 1 fully saturated rings. The molecule has 1 saturated carbocycles. The van der Waals surface area contributed by atoms with Gasteiger partial charge in [-0.25, -0.2) is 0 Å². The molecule has 0 aliphatic heterocycles. The minimum atomic E-state index is -0.837. The second kappa shape index (κ2) is 2.46. The Hall–Kier alpha value is -0.570. The molecule has 0 aromatic heterocycles. The van der Waals surface area contributed by atoms with Crippen molar-refractivity contribution in [2.24, 2.45) is 11.3 Å². The van der Waals surface area contributed by atoms with Gasteiger partial charge in [-0.1, -0.05) is 13.8 Å². The summed E-state index contributed by atoms with van der Waals surface area (Å²) >= 11 is 0. The number of carboxylic acid groups (broad SMARTS) is 1. The summed E-state index contributed by atoms with van der Waals surface area (Å²) in [5, 5.41) is 18.7. The molecule has 2 N–H and O–H groups in total. The van der Waals surface area contributed by atoms with Gasteiger partial charge >= 0.3 is 5.97 Å². The molecule has 1 aliphatic carbocycles. The van der Waals surface area contributed by atoms with Gasteiger partial charge in [0.05, 0.1) is 11.5 Å². The van der Waals surface area contributed by atoms with Gasteiger partial charge in [-0.2, -0.15) is 0 Å². The molecule has 3 nitrogen and oxygen atoms in total. The monoisotopic (exact) mass is 172 g/mol. The lowest BCUT2D eigenvalue weighted by Crippen LogP contribution is -2.42. The predicted octanol–water partition coefficient (Wildman–Crippen LogP) is 1.26. The van der Waals surface area contributed by atoms with Crippen molar-refractivity contribution < 1.29 is 15.0 Å². The molecule has 0 amide bonds. The highest BCUT2D eigenvalue weighted by Crippen LogP contribution is 2.49. The number of rotatable bonds is 1. The Balaban J connectivity index is 2.93. The Labute approximate surface area is 72.4 Å². The SMILES string of the molecule is CC1(C)[C@@H](C(=O)O)CC[C@@]1(C)O. The summed E-state index contributed by atoms with van der Waals surface area (Å²) in [5.41, 5.74) is -1.35. The number of hydrogen-bond donors (Lipinski definition) is 2. The molecular weight excluding hydrogens is 156 g/mol. The van der Waals surface area contributed by atoms with Gasteiger partial charge in [0.15, 0.2) is 0 Å². The van der Waals surface area contributed by atoms with E-state index in [-0.39, 0.29) is 0 Å². The summed E-state index contributed by atoms with van der Waals surface area (Å²) in [4.78, 5) is 10.8. The van der Waals surface area contributed by atoms with Crippen molar-refractivity contribution in [1.82, 2.24) is 0 Å². The summed E-state index contributed by atoms with van der Waals surface area (Å²) in [6, 6.07) is 0. The van der Waals surface area contributed by atoms with Crippen molar-refractivity contribution >= 4 is 5.97 Å². The topological polar surface area (TPSA) is 57.5 Å². The summed E-state index contributed by atoms with van der Waals surface area (Å²) in [7, 11) is 0. The zero-order chi connectivity index (χ0) is 9.57. The quantitative estimate of drug-likeness (QED) is 0.626. The normalized spacial score (nSPS) is 39.8. The molecule has 0 radical (unpaired) electrons. The first kappa shape index (κ1) is 9.52. The van der Waals surface area contributed by atoms with Crippen LogP contribution >= 0.6 is 0 Å². The van der Waals surface area contributed by atoms with Crippen LogP contribution in [0.4, 0.5) is 0 Å². The molecule has 3 heteroatoms. The Kier molecular flexibility index (Phi) is 1.95. The van der Waals surface area contributed by atoms with E-state index in [0.717, 1.165) is 0 Å². The zero-order valence-corrected chi connectivity index (χ0v) is 7.79. The standard InChI is InChI=1S/C9H16O3/c1-8(2)6(7(10)11)4-5-9(8,3)12/h6,12H,4-5H2,1-3H3,(H,10,11)/t6-,9-/m1/s1. The highest BCUT2D eigenvalue weighted by Gasteiger charge is 2.53. The van der Waals surface area contributed by atoms with Crippen LogP contribution in [0.2, 0.25) is 0 Å². The van der Waals surface area contributed by atoms with E-state index in [2.05, 4.69) is 0 Å². The van der Waals surface area contributed by atoms with Gasteiger partial charge in [0.1, 0.15) is 0 Å². The van der Waals surface area contributed by atoms with Gasteiger partial charge in [0.2, 0.25) is 0 Å². The first-order valence-electron chi connectivity index (χ1n) is 4.24. The summed E-state index contributed by atoms with van der Waals surface area (Å²) < 4.78 is 0. The number of hydrogen-bond acceptors (Lipinski definition) is 2. The lowest BCUT2D eigenvalue weighted by atomic mass is 9.73. The van der Waals surface area contributed by atoms with Crippen molar-refractivity contribution in [3.63, 3.8) is 0 Å². The van der Waals surface area contributed by atoms with E-state index in [9.17, 15) is 9.90 Å². The number of aliphatic carboxylic acids is 1. The Morgan fingerprint density at radius 1 is 1.42 bits per heavy atom. The molecule has 0 saturated heterocycles. The molecule has 2 atom stereocenters. The molecule has 0 heterocycles. The minimum Gasteiger partial charge on any atom is -0.481 e. The second-order valence-corrected chi connectivity index (χ2v) is 4.43. The van der Waals surface area contributed by atoms with Gasteiger partial charge in [0, 0.05) is 5.41 Å². The summed E-state index contributed by atoms with van der Waals surface area (Å²) in [6.45, 7) is 5.35. The number of carbonyl (C=O) groups is 1. The van der Waals surface area contributed by atoms with Crippen LogP contribution in [-0.4, -0.2) is 21.8 Å². The van der Waals surface area contributed by atoms with Crippen molar-refractivity contribution in [2.45, 2.75) is 39.2 Å². The van der Waals surface area contributed by atoms with Crippen LogP contribution in [0.5, 0.6) is 0 Å². The molecule has 0 aromatic rings. The van der Waals surface area contributed by atoms with Crippen molar-refractivity contribution in [2.75, 3.05) is 0 Å². The number of aliphatic hydroxyl groups is 1. The fourth-order valence-corrected chi connectivity index (χ4v) is 1.92. The lowest BCUT2D eigenvalue weighted by molar-refractivity contribution is -0.148. The van der Waals surface area contributed by atoms with Crippen LogP contribution in [0.25, 0.3) is 0 Å². The van der Waals surface area contributed by atoms with Gasteiger partial charge in [0.25, 0.3) is 0 Å². The largest absolute Gasteiger partial charge is 0.481 e. The van der Waals surface area contributed by atoms with Gasteiger partial charge < -0.3 is 10.2 Å². The fraction of sp³-hybridized carbons (Fsp3) is 0.889. The van der Waals surface area contributed by atoms with Crippen LogP contribution in [0.15, 0.2) is 0 Å². The molecule has 1 rings (SSSR count). The Morgan fingerprint density at radius 2 is 1.92 bits per heavy atom. The third-order valence-corrected chi connectivity index (χ3v) is 3.48. The zero-order valence-electron chi connectivity index (χ0n) is 7.79. The lowest BCUT2D eigenvalue weighted by Gasteiger charge is -2.35. The van der Waals surface area contributed by atoms with E-state index in [1.807, 2.05) is 13.8 Å². The molecule has 0 unspecified atom stereocenters. The molecule has 12 heavy (non-hydrogen) atoms. The third-order valence-electron chi connectivity index (χ3n) is 3.48. The van der Waals surface area contributed by atoms with Gasteiger partial charge in [-0.3, -0.25) is 4.79 Å². The second-order valence-electron chi connectivity index (χ2n) is 4.43. The van der Waals surface area contributed by atoms with Crippen LogP contribution in [0.3, 0.4) is 0 Å². The van der Waals surface area contributed by atoms with Crippen molar-refractivity contribution in [3.05, 3.63) is 0 Å². The van der Waals surface area contributed by atoms with Crippen LogP contribution in [-0.2, 0) is 4.79 Å². The molecule has 1 aliphatic rings. The van der Waals surface area contributed by atoms with E-state index in [1.54, 1.807) is 6.92 Å². The maximum absolute atomic E-state index is 10.8. The Morgan fingerprint density at radius 3 is 2.08 bits per heavy atom. The average Bonchev–Trinajstić information content (AvgIpc) is 2.03. The van der Waals surface area contributed by atoms with Crippen LogP contribution in [0.1, 0.15) is 33.6 Å². The highest BCUT2D eigenvalue weighted by molar-refractivity contribution is 5.71. The smallest absolute Gasteiger partial charge is 0.307 e. The maximum Gasteiger partial charge on any atom is 0.307 e. The van der Waals surface area contributed by atoms with Gasteiger partial charge in [-0.15, -0.1) is 0 Å². The predicted molar refractivity (Wildman–Crippen MR) is 44.8 cm³/mol. The van der Waals surface area contributed by atoms with Crippen LogP contribution < -0.4 is 0 Å². The molecule has 0 aromatic carbocycles. The first-order chi connectivity index (χ1) is 5.29. The van der Waals surface area contributed by atoms with E-state index in [1.165, 1.54) is 0 Å². The van der Waals surface area contributed by atoms with E-state index < -0.39 is 22.9 Å². The van der Waals surface area contributed by atoms with Crippen molar-refractivity contribution in [3.8, 4) is 0 Å². The first-order valence-corrected chi connectivity index (χ1v) is 4.24. The molecular formula is C9H16O3. The molecule has 0 spiro atoms. The van der Waals surface area contributed by atoms with Crippen LogP contribution in [0, 0.1) is 11.3 Å². The van der Waals surface area contributed by atoms with Crippen molar-refractivity contribution in [1.29, 1.82) is 0 Å². The maximum atomic E-state index is 10.8.